The van der Waals surface area contributed by atoms with Crippen LogP contribution in [-0.4, -0.2) is 23.1 Å². The number of halogens is 2. The smallest absolute Gasteiger partial charge is 0.143 e. The van der Waals surface area contributed by atoms with Gasteiger partial charge < -0.3 is 16.4 Å². The first-order valence-electron chi connectivity index (χ1n) is 10.3. The van der Waals surface area contributed by atoms with Crippen molar-refractivity contribution in [2.45, 2.75) is 35.2 Å². The van der Waals surface area contributed by atoms with E-state index in [1.165, 1.54) is 17.3 Å². The number of aromatic nitrogens is 2. The van der Waals surface area contributed by atoms with E-state index in [4.69, 9.17) is 23.1 Å². The molecule has 2 aromatic heterocycles. The Bertz CT molecular complexity index is 1120. The van der Waals surface area contributed by atoms with E-state index in [0.717, 1.165) is 53.5 Å². The van der Waals surface area contributed by atoms with E-state index in [2.05, 4.69) is 20.9 Å². The molecule has 1 atom stereocenters. The van der Waals surface area contributed by atoms with Gasteiger partial charge in [-0.15, -0.1) is 0 Å². The highest BCUT2D eigenvalue weighted by molar-refractivity contribution is 7.99. The molecule has 0 bridgehead atoms. The number of nitrogens with zero attached hydrogens (tertiary/aromatic N) is 3. The molecule has 1 spiro atoms. The third-order valence-electron chi connectivity index (χ3n) is 6.59. The summed E-state index contributed by atoms with van der Waals surface area (Å²) in [6.45, 7) is 1.82. The van der Waals surface area contributed by atoms with Gasteiger partial charge in [-0.25, -0.2) is 14.4 Å². The fourth-order valence-electron chi connectivity index (χ4n) is 4.79. The molecule has 1 aliphatic heterocycles. The molecule has 1 fully saturated rings. The van der Waals surface area contributed by atoms with Crippen molar-refractivity contribution < 1.29 is 4.39 Å². The van der Waals surface area contributed by atoms with Crippen molar-refractivity contribution >= 4 is 34.9 Å². The monoisotopic (exact) mass is 455 g/mol. The van der Waals surface area contributed by atoms with Crippen LogP contribution in [0.15, 0.2) is 58.7 Å². The minimum absolute atomic E-state index is 0.0217. The molecular formula is C23H23ClFN5S. The van der Waals surface area contributed by atoms with Crippen LogP contribution in [0.2, 0.25) is 5.02 Å². The van der Waals surface area contributed by atoms with E-state index in [0.29, 0.717) is 10.8 Å². The number of nitrogen functional groups attached to an aromatic ring is 1. The van der Waals surface area contributed by atoms with E-state index in [-0.39, 0.29) is 17.3 Å². The molecule has 0 radical (unpaired) electrons. The number of fused-ring (bicyclic) bond motifs is 1. The molecule has 5 rings (SSSR count). The number of hydrogen-bond donors (Lipinski definition) is 2. The van der Waals surface area contributed by atoms with Gasteiger partial charge in [0.15, 0.2) is 0 Å². The lowest BCUT2D eigenvalue weighted by atomic mass is 9.73. The minimum atomic E-state index is -0.205. The number of rotatable bonds is 3. The summed E-state index contributed by atoms with van der Waals surface area (Å²) in [7, 11) is 0. The molecule has 2 aliphatic rings. The second kappa shape index (κ2) is 7.97. The van der Waals surface area contributed by atoms with Crippen molar-refractivity contribution in [3.63, 3.8) is 0 Å². The van der Waals surface area contributed by atoms with E-state index in [1.807, 2.05) is 24.4 Å². The number of piperidine rings is 1. The summed E-state index contributed by atoms with van der Waals surface area (Å²) in [5, 5.41) is 1.30. The highest BCUT2D eigenvalue weighted by atomic mass is 35.5. The van der Waals surface area contributed by atoms with Crippen LogP contribution in [0.3, 0.4) is 0 Å². The SMILES string of the molecule is Nc1nccc(Sc2ccc(N3CCC4(CC3)Cc3ccc(F)cc3[C@H]4N)cn2)c1Cl. The number of pyridine rings is 2. The highest BCUT2D eigenvalue weighted by Gasteiger charge is 2.46. The van der Waals surface area contributed by atoms with Crippen molar-refractivity contribution in [3.8, 4) is 0 Å². The summed E-state index contributed by atoms with van der Waals surface area (Å²) in [4.78, 5) is 11.8. The second-order valence-corrected chi connectivity index (χ2v) is 9.75. The molecule has 31 heavy (non-hydrogen) atoms. The van der Waals surface area contributed by atoms with Gasteiger partial charge in [-0.3, -0.25) is 0 Å². The number of nitrogens with two attached hydrogens (primary N) is 2. The first-order valence-corrected chi connectivity index (χ1v) is 11.5. The Morgan fingerprint density at radius 1 is 1.13 bits per heavy atom. The quantitative estimate of drug-likeness (QED) is 0.587. The Kier molecular flexibility index (Phi) is 5.28. The molecule has 0 amide bonds. The molecular weight excluding hydrogens is 433 g/mol. The lowest BCUT2D eigenvalue weighted by Gasteiger charge is -2.43. The third kappa shape index (κ3) is 3.75. The van der Waals surface area contributed by atoms with E-state index in [9.17, 15) is 4.39 Å². The van der Waals surface area contributed by atoms with Gasteiger partial charge in [-0.1, -0.05) is 29.4 Å². The zero-order valence-electron chi connectivity index (χ0n) is 16.9. The molecule has 1 aliphatic carbocycles. The van der Waals surface area contributed by atoms with Crippen LogP contribution < -0.4 is 16.4 Å². The van der Waals surface area contributed by atoms with Crippen molar-refractivity contribution in [3.05, 3.63) is 70.8 Å². The third-order valence-corrected chi connectivity index (χ3v) is 8.11. The fraction of sp³-hybridized carbons (Fsp3) is 0.304. The van der Waals surface area contributed by atoms with Gasteiger partial charge >= 0.3 is 0 Å². The molecule has 5 nitrogen and oxygen atoms in total. The molecule has 4 N–H and O–H groups in total. The number of benzene rings is 1. The van der Waals surface area contributed by atoms with Gasteiger partial charge in [-0.05, 0) is 66.1 Å². The Morgan fingerprint density at radius 3 is 2.68 bits per heavy atom. The van der Waals surface area contributed by atoms with Gasteiger partial charge in [0.1, 0.15) is 16.7 Å². The van der Waals surface area contributed by atoms with Crippen molar-refractivity contribution in [2.24, 2.45) is 11.1 Å². The maximum atomic E-state index is 13.7. The van der Waals surface area contributed by atoms with Crippen LogP contribution in [0.25, 0.3) is 0 Å². The summed E-state index contributed by atoms with van der Waals surface area (Å²) in [5.41, 5.74) is 15.7. The molecule has 0 unspecified atom stereocenters. The predicted octanol–water partition coefficient (Wildman–Crippen LogP) is 4.85. The largest absolute Gasteiger partial charge is 0.382 e. The summed E-state index contributed by atoms with van der Waals surface area (Å²) in [5.74, 6) is 0.115. The van der Waals surface area contributed by atoms with Crippen LogP contribution in [0.5, 0.6) is 0 Å². The normalized spacial score (nSPS) is 19.6. The summed E-state index contributed by atoms with van der Waals surface area (Å²) in [6, 6.07) is 10.9. The van der Waals surface area contributed by atoms with Crippen molar-refractivity contribution in [2.75, 3.05) is 23.7 Å². The van der Waals surface area contributed by atoms with Crippen LogP contribution >= 0.6 is 23.4 Å². The topological polar surface area (TPSA) is 81.1 Å². The van der Waals surface area contributed by atoms with E-state index < -0.39 is 0 Å². The minimum Gasteiger partial charge on any atom is -0.382 e. The predicted molar refractivity (Wildman–Crippen MR) is 123 cm³/mol. The summed E-state index contributed by atoms with van der Waals surface area (Å²) >= 11 is 7.70. The Labute approximate surface area is 190 Å². The Hall–Kier alpha value is -2.35. The first-order chi connectivity index (χ1) is 14.9. The maximum Gasteiger partial charge on any atom is 0.143 e. The number of anilines is 2. The van der Waals surface area contributed by atoms with Gasteiger partial charge in [0.25, 0.3) is 0 Å². The average Bonchev–Trinajstić information content (AvgIpc) is 3.04. The lowest BCUT2D eigenvalue weighted by Crippen LogP contribution is -2.44. The van der Waals surface area contributed by atoms with Crippen LogP contribution in [0.4, 0.5) is 15.9 Å². The van der Waals surface area contributed by atoms with Gasteiger partial charge in [0.05, 0.1) is 16.9 Å². The molecule has 3 aromatic rings. The zero-order valence-corrected chi connectivity index (χ0v) is 18.5. The first kappa shape index (κ1) is 20.5. The standard InChI is InChI=1S/C23H23ClFN5S/c24-20-18(5-8-28-22(20)27)31-19-4-3-16(13-29-19)30-9-6-23(7-10-30)12-14-1-2-15(25)11-17(14)21(23)26/h1-5,8,11,13,21H,6-7,9-10,12,26H2,(H2,27,28)/t21-/m1/s1. The van der Waals surface area contributed by atoms with Crippen LogP contribution in [0, 0.1) is 11.2 Å². The van der Waals surface area contributed by atoms with E-state index >= 15 is 0 Å². The number of hydrogen-bond acceptors (Lipinski definition) is 6. The molecule has 1 saturated heterocycles. The molecule has 1 aromatic carbocycles. The fourth-order valence-corrected chi connectivity index (χ4v) is 5.80. The molecule has 160 valence electrons. The van der Waals surface area contributed by atoms with Crippen molar-refractivity contribution in [1.29, 1.82) is 0 Å². The van der Waals surface area contributed by atoms with Crippen LogP contribution in [0.1, 0.15) is 30.0 Å². The molecule has 3 heterocycles. The van der Waals surface area contributed by atoms with Gasteiger partial charge in [0.2, 0.25) is 0 Å². The van der Waals surface area contributed by atoms with Gasteiger partial charge in [-0.2, -0.15) is 0 Å². The summed E-state index contributed by atoms with van der Waals surface area (Å²) < 4.78 is 13.7. The Balaban J connectivity index is 1.26. The highest BCUT2D eigenvalue weighted by Crippen LogP contribution is 2.51. The molecule has 0 saturated carbocycles. The van der Waals surface area contributed by atoms with Gasteiger partial charge in [0, 0.05) is 30.2 Å². The van der Waals surface area contributed by atoms with Crippen molar-refractivity contribution in [1.82, 2.24) is 9.97 Å². The maximum absolute atomic E-state index is 13.7. The van der Waals surface area contributed by atoms with E-state index in [1.54, 1.807) is 18.3 Å². The Morgan fingerprint density at radius 2 is 1.94 bits per heavy atom. The zero-order chi connectivity index (χ0) is 21.6. The summed E-state index contributed by atoms with van der Waals surface area (Å²) in [6.07, 6.45) is 6.43. The lowest BCUT2D eigenvalue weighted by molar-refractivity contribution is 0.187. The second-order valence-electron chi connectivity index (χ2n) is 8.31. The average molecular weight is 456 g/mol. The van der Waals surface area contributed by atoms with Crippen LogP contribution in [-0.2, 0) is 6.42 Å². The molecule has 8 heteroatoms.